The summed E-state index contributed by atoms with van der Waals surface area (Å²) in [5.41, 5.74) is 1.28. The molecular formula is C19H17ClN6O2S. The minimum atomic E-state index is -0.191. The highest BCUT2D eigenvalue weighted by molar-refractivity contribution is 7.98. The lowest BCUT2D eigenvalue weighted by molar-refractivity contribution is 0.185. The number of ether oxygens (including phenoxy) is 1. The lowest BCUT2D eigenvalue weighted by Crippen LogP contribution is -2.23. The molecule has 0 fully saturated rings. The van der Waals surface area contributed by atoms with Gasteiger partial charge in [-0.25, -0.2) is 0 Å². The van der Waals surface area contributed by atoms with E-state index < -0.39 is 0 Å². The van der Waals surface area contributed by atoms with Gasteiger partial charge in [0, 0.05) is 17.7 Å². The molecular weight excluding hydrogens is 412 g/mol. The monoisotopic (exact) mass is 428 g/mol. The van der Waals surface area contributed by atoms with Crippen LogP contribution >= 0.6 is 23.4 Å². The molecule has 0 unspecified atom stereocenters. The maximum atomic E-state index is 12.6. The van der Waals surface area contributed by atoms with Crippen molar-refractivity contribution in [3.8, 4) is 11.4 Å². The molecule has 2 aromatic heterocycles. The van der Waals surface area contributed by atoms with Crippen LogP contribution in [0.15, 0.2) is 58.5 Å². The van der Waals surface area contributed by atoms with Crippen molar-refractivity contribution < 1.29 is 4.74 Å². The number of halogens is 1. The average Bonchev–Trinajstić information content (AvgIpc) is 3.15. The molecule has 4 aromatic rings. The predicted molar refractivity (Wildman–Crippen MR) is 112 cm³/mol. The topological polar surface area (TPSA) is 87.7 Å². The summed E-state index contributed by atoms with van der Waals surface area (Å²) in [5.74, 6) is 0.973. The molecule has 0 saturated heterocycles. The molecule has 0 amide bonds. The number of benzene rings is 2. The van der Waals surface area contributed by atoms with E-state index in [9.17, 15) is 4.79 Å². The van der Waals surface area contributed by atoms with Gasteiger partial charge in [0.15, 0.2) is 11.0 Å². The number of methoxy groups -OCH3 is 1. The molecule has 0 bridgehead atoms. The predicted octanol–water partition coefficient (Wildman–Crippen LogP) is 3.10. The van der Waals surface area contributed by atoms with Gasteiger partial charge in [0.2, 0.25) is 0 Å². The van der Waals surface area contributed by atoms with E-state index >= 15 is 0 Å². The first-order chi connectivity index (χ1) is 14.2. The fourth-order valence-corrected chi connectivity index (χ4v) is 3.78. The Kier molecular flexibility index (Phi) is 5.89. The maximum absolute atomic E-state index is 12.6. The number of nitrogens with zero attached hydrogens (tertiary/aromatic N) is 6. The van der Waals surface area contributed by atoms with Crippen LogP contribution in [0.2, 0.25) is 5.02 Å². The van der Waals surface area contributed by atoms with Crippen molar-refractivity contribution in [2.24, 2.45) is 0 Å². The minimum absolute atomic E-state index is 0.191. The van der Waals surface area contributed by atoms with Gasteiger partial charge in [-0.3, -0.25) is 9.36 Å². The molecule has 0 aliphatic rings. The van der Waals surface area contributed by atoms with Gasteiger partial charge < -0.3 is 4.74 Å². The molecule has 2 heterocycles. The molecule has 0 saturated carbocycles. The summed E-state index contributed by atoms with van der Waals surface area (Å²) >= 11 is 7.35. The minimum Gasteiger partial charge on any atom is -0.383 e. The van der Waals surface area contributed by atoms with Crippen LogP contribution in [0, 0.1) is 0 Å². The van der Waals surface area contributed by atoms with Crippen LogP contribution in [0.25, 0.3) is 22.3 Å². The van der Waals surface area contributed by atoms with Crippen molar-refractivity contribution in [2.75, 3.05) is 13.7 Å². The summed E-state index contributed by atoms with van der Waals surface area (Å²) in [6.07, 6.45) is 0. The van der Waals surface area contributed by atoms with Gasteiger partial charge in [0.1, 0.15) is 5.52 Å². The lowest BCUT2D eigenvalue weighted by atomic mass is 10.2. The third kappa shape index (κ3) is 4.16. The molecule has 0 spiro atoms. The number of aromatic nitrogens is 6. The molecule has 0 N–H and O–H groups in total. The van der Waals surface area contributed by atoms with Crippen molar-refractivity contribution in [3.05, 3.63) is 63.9 Å². The summed E-state index contributed by atoms with van der Waals surface area (Å²) in [4.78, 5) is 12.6. The molecule has 148 valence electrons. The van der Waals surface area contributed by atoms with Gasteiger partial charge in [-0.1, -0.05) is 40.7 Å². The Balaban J connectivity index is 1.62. The Morgan fingerprint density at radius 1 is 1.07 bits per heavy atom. The molecule has 2 aromatic carbocycles. The van der Waals surface area contributed by atoms with E-state index in [1.54, 1.807) is 19.2 Å². The molecule has 8 nitrogen and oxygen atoms in total. The van der Waals surface area contributed by atoms with E-state index in [2.05, 4.69) is 20.5 Å². The lowest BCUT2D eigenvalue weighted by Gasteiger charge is -2.10. The van der Waals surface area contributed by atoms with E-state index in [0.29, 0.717) is 40.1 Å². The molecule has 10 heteroatoms. The Labute approximate surface area is 175 Å². The second-order valence-corrected chi connectivity index (χ2v) is 7.49. The SMILES string of the molecule is COCCn1c(SCn2nnc3ccccc3c2=O)nnc1-c1ccc(Cl)cc1. The Morgan fingerprint density at radius 3 is 2.66 bits per heavy atom. The van der Waals surface area contributed by atoms with E-state index in [1.165, 1.54) is 16.4 Å². The summed E-state index contributed by atoms with van der Waals surface area (Å²) in [5, 5.41) is 18.6. The van der Waals surface area contributed by atoms with Crippen LogP contribution in [0.4, 0.5) is 0 Å². The first kappa shape index (κ1) is 19.6. The van der Waals surface area contributed by atoms with E-state index in [-0.39, 0.29) is 11.4 Å². The summed E-state index contributed by atoms with van der Waals surface area (Å²) in [6, 6.07) is 14.5. The van der Waals surface area contributed by atoms with Crippen LogP contribution < -0.4 is 5.56 Å². The highest BCUT2D eigenvalue weighted by Gasteiger charge is 2.15. The summed E-state index contributed by atoms with van der Waals surface area (Å²) < 4.78 is 8.50. The first-order valence-electron chi connectivity index (χ1n) is 8.81. The molecule has 0 radical (unpaired) electrons. The average molecular weight is 429 g/mol. The first-order valence-corrected chi connectivity index (χ1v) is 10.2. The molecule has 4 rings (SSSR count). The third-order valence-corrected chi connectivity index (χ3v) is 5.47. The van der Waals surface area contributed by atoms with Crippen LogP contribution in [0.1, 0.15) is 0 Å². The van der Waals surface area contributed by atoms with E-state index in [0.717, 1.165) is 5.56 Å². The fraction of sp³-hybridized carbons (Fsp3) is 0.211. The van der Waals surface area contributed by atoms with Gasteiger partial charge in [-0.05, 0) is 36.4 Å². The van der Waals surface area contributed by atoms with Gasteiger partial charge >= 0.3 is 0 Å². The Bertz CT molecular complexity index is 1190. The van der Waals surface area contributed by atoms with Crippen LogP contribution in [-0.4, -0.2) is 43.5 Å². The fourth-order valence-electron chi connectivity index (χ4n) is 2.82. The molecule has 0 aliphatic carbocycles. The van der Waals surface area contributed by atoms with Gasteiger partial charge in [-0.15, -0.1) is 15.3 Å². The standard InChI is InChI=1S/C19H17ClN6O2S/c1-28-11-10-25-17(13-6-8-14(20)9-7-13)22-23-19(25)29-12-26-18(27)15-4-2-3-5-16(15)21-24-26/h2-9H,10-12H2,1H3. The summed E-state index contributed by atoms with van der Waals surface area (Å²) in [7, 11) is 1.64. The second kappa shape index (κ2) is 8.73. The van der Waals surface area contributed by atoms with Crippen molar-refractivity contribution in [1.29, 1.82) is 0 Å². The number of hydrogen-bond acceptors (Lipinski definition) is 7. The van der Waals surface area contributed by atoms with Crippen LogP contribution in [0.5, 0.6) is 0 Å². The zero-order valence-electron chi connectivity index (χ0n) is 15.5. The zero-order valence-corrected chi connectivity index (χ0v) is 17.1. The largest absolute Gasteiger partial charge is 0.383 e. The number of rotatable bonds is 7. The van der Waals surface area contributed by atoms with Crippen molar-refractivity contribution in [1.82, 2.24) is 29.8 Å². The Hall–Kier alpha value is -2.75. The third-order valence-electron chi connectivity index (χ3n) is 4.28. The zero-order chi connectivity index (χ0) is 20.2. The number of thioether (sulfide) groups is 1. The van der Waals surface area contributed by atoms with Crippen LogP contribution in [-0.2, 0) is 17.2 Å². The van der Waals surface area contributed by atoms with E-state index in [4.69, 9.17) is 16.3 Å². The van der Waals surface area contributed by atoms with Crippen LogP contribution in [0.3, 0.4) is 0 Å². The normalized spacial score (nSPS) is 11.2. The van der Waals surface area contributed by atoms with Gasteiger partial charge in [0.25, 0.3) is 5.56 Å². The molecule has 0 atom stereocenters. The maximum Gasteiger partial charge on any atom is 0.278 e. The van der Waals surface area contributed by atoms with Crippen molar-refractivity contribution in [2.45, 2.75) is 17.6 Å². The Morgan fingerprint density at radius 2 is 1.86 bits per heavy atom. The smallest absolute Gasteiger partial charge is 0.278 e. The number of fused-ring (bicyclic) bond motifs is 1. The van der Waals surface area contributed by atoms with Crippen molar-refractivity contribution >= 4 is 34.3 Å². The number of hydrogen-bond donors (Lipinski definition) is 0. The summed E-state index contributed by atoms with van der Waals surface area (Å²) in [6.45, 7) is 1.07. The highest BCUT2D eigenvalue weighted by atomic mass is 35.5. The van der Waals surface area contributed by atoms with Crippen molar-refractivity contribution in [3.63, 3.8) is 0 Å². The van der Waals surface area contributed by atoms with E-state index in [1.807, 2.05) is 41.0 Å². The second-order valence-electron chi connectivity index (χ2n) is 6.14. The highest BCUT2D eigenvalue weighted by Crippen LogP contribution is 2.25. The van der Waals surface area contributed by atoms with Gasteiger partial charge in [0.05, 0.1) is 24.4 Å². The molecule has 0 aliphatic heterocycles. The van der Waals surface area contributed by atoms with Gasteiger partial charge in [-0.2, -0.15) is 4.68 Å². The molecule has 29 heavy (non-hydrogen) atoms. The quantitative estimate of drug-likeness (QED) is 0.418.